The largest absolute Gasteiger partial charge is 0.242 e. The molecule has 2 N–H and O–H groups in total. The van der Waals surface area contributed by atoms with Crippen LogP contribution in [0.3, 0.4) is 0 Å². The molecule has 0 aromatic carbocycles. The van der Waals surface area contributed by atoms with E-state index in [1.165, 1.54) is 0 Å². The molecule has 0 fully saturated rings. The van der Waals surface area contributed by atoms with Gasteiger partial charge in [-0.05, 0) is 11.1 Å². The zero-order valence-corrected chi connectivity index (χ0v) is 7.70. The second kappa shape index (κ2) is 4.06. The minimum absolute atomic E-state index is 0.419. The molecule has 0 aliphatic heterocycles. The molecule has 0 unspecified atom stereocenters. The highest BCUT2D eigenvalue weighted by molar-refractivity contribution is 4.98. The van der Waals surface area contributed by atoms with Crippen LogP contribution in [-0.4, -0.2) is 21.6 Å². The quantitative estimate of drug-likeness (QED) is 0.643. The van der Waals surface area contributed by atoms with Gasteiger partial charge in [-0.15, -0.1) is 5.10 Å². The van der Waals surface area contributed by atoms with Gasteiger partial charge in [0.2, 0.25) is 0 Å². The Balaban J connectivity index is 2.52. The Morgan fingerprint density at radius 3 is 2.83 bits per heavy atom. The molecule has 0 saturated heterocycles. The molecule has 1 aromatic rings. The van der Waals surface area contributed by atoms with E-state index < -0.39 is 0 Å². The van der Waals surface area contributed by atoms with Crippen LogP contribution in [0.15, 0.2) is 6.20 Å². The van der Waals surface area contributed by atoms with Gasteiger partial charge in [0.25, 0.3) is 0 Å². The van der Waals surface area contributed by atoms with Crippen molar-refractivity contribution in [2.24, 2.45) is 0 Å². The smallest absolute Gasteiger partial charge is 0.0875 e. The van der Waals surface area contributed by atoms with Gasteiger partial charge >= 0.3 is 0 Å². The van der Waals surface area contributed by atoms with Gasteiger partial charge < -0.3 is 0 Å². The molecule has 0 aliphatic carbocycles. The topological polar surface area (TPSA) is 54.8 Å². The molecule has 0 aliphatic rings. The number of hydrazine groups is 1. The van der Waals surface area contributed by atoms with Crippen molar-refractivity contribution in [2.45, 2.75) is 26.7 Å². The van der Waals surface area contributed by atoms with Gasteiger partial charge in [-0.3, -0.25) is 0 Å². The summed E-state index contributed by atoms with van der Waals surface area (Å²) in [6, 6.07) is 0. The van der Waals surface area contributed by atoms with Crippen LogP contribution in [0, 0.1) is 0 Å². The van der Waals surface area contributed by atoms with Crippen LogP contribution in [0.2, 0.25) is 0 Å². The van der Waals surface area contributed by atoms with E-state index in [4.69, 9.17) is 0 Å². The van der Waals surface area contributed by atoms with Crippen LogP contribution in [0.5, 0.6) is 0 Å². The second-order valence-corrected chi connectivity index (χ2v) is 2.88. The van der Waals surface area contributed by atoms with Crippen LogP contribution >= 0.6 is 0 Å². The molecule has 12 heavy (non-hydrogen) atoms. The predicted octanol–water partition coefficient (Wildman–Crippen LogP) is 0.469. The molecular formula is C7H15N5. The van der Waals surface area contributed by atoms with Gasteiger partial charge in [-0.2, -0.15) is 4.79 Å². The first kappa shape index (κ1) is 8.99. The van der Waals surface area contributed by atoms with Gasteiger partial charge in [0.1, 0.15) is 0 Å². The van der Waals surface area contributed by atoms with Crippen molar-refractivity contribution >= 4 is 0 Å². The Hall–Kier alpha value is -1.10. The van der Waals surface area contributed by atoms with E-state index in [2.05, 4.69) is 35.1 Å². The molecule has 0 amide bonds. The number of nitrogens with zero attached hydrogens (tertiary/aromatic N) is 3. The van der Waals surface area contributed by atoms with Crippen molar-refractivity contribution in [3.8, 4) is 0 Å². The van der Waals surface area contributed by atoms with E-state index in [1.54, 1.807) is 4.79 Å². The fourth-order valence-electron chi connectivity index (χ4n) is 0.756. The Bertz CT molecular complexity index is 229. The van der Waals surface area contributed by atoms with Crippen LogP contribution < -0.4 is 11.0 Å². The minimum atomic E-state index is 0.419. The maximum atomic E-state index is 3.98. The van der Waals surface area contributed by atoms with Crippen molar-refractivity contribution in [3.63, 3.8) is 0 Å². The molecule has 5 heteroatoms. The Kier molecular flexibility index (Phi) is 3.04. The van der Waals surface area contributed by atoms with Gasteiger partial charge in [0, 0.05) is 6.54 Å². The van der Waals surface area contributed by atoms with Crippen molar-refractivity contribution in [3.05, 3.63) is 11.9 Å². The van der Waals surface area contributed by atoms with Crippen LogP contribution in [0.25, 0.3) is 0 Å². The summed E-state index contributed by atoms with van der Waals surface area (Å²) in [5.74, 6) is 0.419. The van der Waals surface area contributed by atoms with Crippen molar-refractivity contribution < 1.29 is 0 Å². The molecule has 5 nitrogen and oxygen atoms in total. The Morgan fingerprint density at radius 1 is 1.58 bits per heavy atom. The second-order valence-electron chi connectivity index (χ2n) is 2.88. The number of hydrogen-bond acceptors (Lipinski definition) is 4. The maximum absolute atomic E-state index is 3.98. The number of hydrogen-bond donors (Lipinski definition) is 2. The summed E-state index contributed by atoms with van der Waals surface area (Å²) in [4.78, 5) is 1.57. The van der Waals surface area contributed by atoms with E-state index in [9.17, 15) is 0 Å². The fraction of sp³-hybridized carbons (Fsp3) is 0.714. The van der Waals surface area contributed by atoms with Crippen molar-refractivity contribution in [1.29, 1.82) is 0 Å². The summed E-state index contributed by atoms with van der Waals surface area (Å²) >= 11 is 0. The zero-order valence-electron chi connectivity index (χ0n) is 7.70. The van der Waals surface area contributed by atoms with Gasteiger partial charge in [0.05, 0.1) is 11.9 Å². The number of aromatic nitrogens is 3. The molecular weight excluding hydrogens is 154 g/mol. The highest BCUT2D eigenvalue weighted by Crippen LogP contribution is 2.07. The fourth-order valence-corrected chi connectivity index (χ4v) is 0.756. The molecule has 0 radical (unpaired) electrons. The van der Waals surface area contributed by atoms with Crippen LogP contribution in [0.4, 0.5) is 0 Å². The van der Waals surface area contributed by atoms with Crippen molar-refractivity contribution in [2.75, 3.05) is 12.1 Å². The predicted molar refractivity (Wildman–Crippen MR) is 47.1 cm³/mol. The molecule has 1 heterocycles. The normalized spacial score (nSPS) is 10.7. The number of rotatable bonds is 4. The zero-order chi connectivity index (χ0) is 8.97. The van der Waals surface area contributed by atoms with E-state index >= 15 is 0 Å². The molecule has 68 valence electrons. The highest BCUT2D eigenvalue weighted by atomic mass is 15.7. The standard InChI is InChI=1S/C7H15N5/c1-4-8-10-12-5-7(6(2)3)9-11-12/h5-6,8,10H,4H2,1-3H3. The average molecular weight is 169 g/mol. The molecule has 0 saturated carbocycles. The Morgan fingerprint density at radius 2 is 2.33 bits per heavy atom. The first-order chi connectivity index (χ1) is 5.74. The van der Waals surface area contributed by atoms with E-state index in [0.717, 1.165) is 12.2 Å². The van der Waals surface area contributed by atoms with Crippen LogP contribution in [0.1, 0.15) is 32.4 Å². The molecule has 1 aromatic heterocycles. The third-order valence-corrected chi connectivity index (χ3v) is 1.47. The third kappa shape index (κ3) is 2.20. The van der Waals surface area contributed by atoms with E-state index in [0.29, 0.717) is 5.92 Å². The van der Waals surface area contributed by atoms with Gasteiger partial charge in [-0.1, -0.05) is 20.8 Å². The monoisotopic (exact) mass is 169 g/mol. The summed E-state index contributed by atoms with van der Waals surface area (Å²) in [5.41, 5.74) is 6.78. The van der Waals surface area contributed by atoms with E-state index in [-0.39, 0.29) is 0 Å². The van der Waals surface area contributed by atoms with E-state index in [1.807, 2.05) is 13.1 Å². The molecule has 0 atom stereocenters. The lowest BCUT2D eigenvalue weighted by Gasteiger charge is -2.02. The lowest BCUT2D eigenvalue weighted by atomic mass is 10.2. The van der Waals surface area contributed by atoms with Crippen LogP contribution in [-0.2, 0) is 0 Å². The molecule has 1 rings (SSSR count). The summed E-state index contributed by atoms with van der Waals surface area (Å²) in [5, 5.41) is 7.85. The molecule has 0 bridgehead atoms. The summed E-state index contributed by atoms with van der Waals surface area (Å²) in [7, 11) is 0. The summed E-state index contributed by atoms with van der Waals surface area (Å²) in [6.45, 7) is 7.02. The minimum Gasteiger partial charge on any atom is -0.242 e. The first-order valence-electron chi connectivity index (χ1n) is 4.15. The van der Waals surface area contributed by atoms with Crippen molar-refractivity contribution in [1.82, 2.24) is 20.5 Å². The number of nitrogens with one attached hydrogen (secondary N) is 2. The summed E-state index contributed by atoms with van der Waals surface area (Å²) in [6.07, 6.45) is 1.87. The SMILES string of the molecule is CCNNn1cc(C(C)C)nn1. The lowest BCUT2D eigenvalue weighted by Crippen LogP contribution is -2.30. The average Bonchev–Trinajstić information content (AvgIpc) is 2.48. The van der Waals surface area contributed by atoms with Gasteiger partial charge in [0.15, 0.2) is 0 Å². The maximum Gasteiger partial charge on any atom is 0.0875 e. The Labute approximate surface area is 72.1 Å². The lowest BCUT2D eigenvalue weighted by molar-refractivity contribution is 0.619. The summed E-state index contributed by atoms with van der Waals surface area (Å²) < 4.78 is 0. The van der Waals surface area contributed by atoms with Gasteiger partial charge in [-0.25, -0.2) is 11.0 Å². The highest BCUT2D eigenvalue weighted by Gasteiger charge is 2.03. The molecule has 0 spiro atoms. The third-order valence-electron chi connectivity index (χ3n) is 1.47. The first-order valence-corrected chi connectivity index (χ1v) is 4.15.